The van der Waals surface area contributed by atoms with Gasteiger partial charge in [-0.2, -0.15) is 0 Å². The highest BCUT2D eigenvalue weighted by molar-refractivity contribution is 9.10. The van der Waals surface area contributed by atoms with Crippen LogP contribution in [-0.4, -0.2) is 32.7 Å². The molecule has 0 saturated heterocycles. The molecule has 0 amide bonds. The molecule has 0 aliphatic rings. The molecule has 2 N–H and O–H groups in total. The highest BCUT2D eigenvalue weighted by Gasteiger charge is 1.97. The SMILES string of the molecule is CCCNC(=NC)NCCOc1cccc(Br)c1. The Balaban J connectivity index is 2.22. The number of nitrogens with one attached hydrogen (secondary N) is 2. The van der Waals surface area contributed by atoms with Crippen LogP contribution in [0.2, 0.25) is 0 Å². The molecule has 0 heterocycles. The van der Waals surface area contributed by atoms with Gasteiger partial charge in [-0.25, -0.2) is 0 Å². The normalized spacial score (nSPS) is 11.2. The summed E-state index contributed by atoms with van der Waals surface area (Å²) in [7, 11) is 1.76. The van der Waals surface area contributed by atoms with Crippen LogP contribution in [0.15, 0.2) is 33.7 Å². The molecule has 0 unspecified atom stereocenters. The first-order valence-electron chi connectivity index (χ1n) is 6.09. The Hall–Kier alpha value is -1.23. The van der Waals surface area contributed by atoms with Crippen molar-refractivity contribution in [1.82, 2.24) is 10.6 Å². The van der Waals surface area contributed by atoms with Gasteiger partial charge in [0.05, 0.1) is 6.54 Å². The van der Waals surface area contributed by atoms with E-state index >= 15 is 0 Å². The highest BCUT2D eigenvalue weighted by atomic mass is 79.9. The first-order chi connectivity index (χ1) is 8.76. The number of guanidine groups is 1. The number of rotatable bonds is 6. The van der Waals surface area contributed by atoms with E-state index in [1.165, 1.54) is 0 Å². The van der Waals surface area contributed by atoms with E-state index in [0.29, 0.717) is 6.61 Å². The van der Waals surface area contributed by atoms with Crippen LogP contribution in [0.25, 0.3) is 0 Å². The van der Waals surface area contributed by atoms with Crippen LogP contribution in [0.4, 0.5) is 0 Å². The maximum atomic E-state index is 5.61. The third kappa shape index (κ3) is 5.91. The highest BCUT2D eigenvalue weighted by Crippen LogP contribution is 2.17. The molecule has 1 aromatic carbocycles. The van der Waals surface area contributed by atoms with Crippen molar-refractivity contribution in [1.29, 1.82) is 0 Å². The zero-order chi connectivity index (χ0) is 13.2. The van der Waals surface area contributed by atoms with Crippen molar-refractivity contribution in [3.63, 3.8) is 0 Å². The Morgan fingerprint density at radius 3 is 2.78 bits per heavy atom. The van der Waals surface area contributed by atoms with E-state index in [4.69, 9.17) is 4.74 Å². The summed E-state index contributed by atoms with van der Waals surface area (Å²) in [5, 5.41) is 6.39. The molecule has 0 aromatic heterocycles. The van der Waals surface area contributed by atoms with Gasteiger partial charge in [0.25, 0.3) is 0 Å². The summed E-state index contributed by atoms with van der Waals surface area (Å²) in [5.41, 5.74) is 0. The van der Waals surface area contributed by atoms with Gasteiger partial charge in [-0.05, 0) is 24.6 Å². The van der Waals surface area contributed by atoms with Crippen molar-refractivity contribution in [3.8, 4) is 5.75 Å². The number of halogens is 1. The van der Waals surface area contributed by atoms with Crippen molar-refractivity contribution in [2.45, 2.75) is 13.3 Å². The molecule has 0 spiro atoms. The molecule has 4 nitrogen and oxygen atoms in total. The molecule has 18 heavy (non-hydrogen) atoms. The third-order valence-corrected chi connectivity index (χ3v) is 2.72. The number of hydrogen-bond donors (Lipinski definition) is 2. The van der Waals surface area contributed by atoms with Crippen LogP contribution >= 0.6 is 15.9 Å². The molecular weight excluding hydrogens is 294 g/mol. The molecule has 1 aromatic rings. The number of aliphatic imine (C=N–C) groups is 1. The Labute approximate surface area is 117 Å². The summed E-state index contributed by atoms with van der Waals surface area (Å²) in [5.74, 6) is 1.68. The van der Waals surface area contributed by atoms with Crippen LogP contribution in [0.3, 0.4) is 0 Å². The van der Waals surface area contributed by atoms with E-state index in [1.54, 1.807) is 7.05 Å². The zero-order valence-corrected chi connectivity index (χ0v) is 12.5. The topological polar surface area (TPSA) is 45.7 Å². The minimum Gasteiger partial charge on any atom is -0.492 e. The van der Waals surface area contributed by atoms with Crippen molar-refractivity contribution in [3.05, 3.63) is 28.7 Å². The van der Waals surface area contributed by atoms with Gasteiger partial charge in [-0.1, -0.05) is 28.9 Å². The molecule has 0 atom stereocenters. The quantitative estimate of drug-likeness (QED) is 0.481. The summed E-state index contributed by atoms with van der Waals surface area (Å²) >= 11 is 3.41. The van der Waals surface area contributed by atoms with Gasteiger partial charge in [-0.15, -0.1) is 0 Å². The first kappa shape index (κ1) is 14.8. The van der Waals surface area contributed by atoms with Crippen LogP contribution in [-0.2, 0) is 0 Å². The van der Waals surface area contributed by atoms with Crippen LogP contribution in [0.1, 0.15) is 13.3 Å². The van der Waals surface area contributed by atoms with Gasteiger partial charge in [0.2, 0.25) is 0 Å². The molecule has 0 fully saturated rings. The van der Waals surface area contributed by atoms with Gasteiger partial charge in [-0.3, -0.25) is 4.99 Å². The predicted octanol–water partition coefficient (Wildman–Crippen LogP) is 2.40. The molecule has 0 saturated carbocycles. The van der Waals surface area contributed by atoms with E-state index in [0.717, 1.165) is 35.7 Å². The minimum atomic E-state index is 0.600. The van der Waals surface area contributed by atoms with E-state index in [2.05, 4.69) is 38.5 Å². The van der Waals surface area contributed by atoms with Crippen molar-refractivity contribution in [2.24, 2.45) is 4.99 Å². The summed E-state index contributed by atoms with van der Waals surface area (Å²) < 4.78 is 6.63. The molecule has 100 valence electrons. The fourth-order valence-corrected chi connectivity index (χ4v) is 1.74. The van der Waals surface area contributed by atoms with Crippen LogP contribution < -0.4 is 15.4 Å². The van der Waals surface area contributed by atoms with E-state index in [9.17, 15) is 0 Å². The Kier molecular flexibility index (Phi) is 7.25. The standard InChI is InChI=1S/C13H20BrN3O/c1-3-7-16-13(15-2)17-8-9-18-12-6-4-5-11(14)10-12/h4-6,10H,3,7-9H2,1-2H3,(H2,15,16,17). The van der Waals surface area contributed by atoms with Crippen molar-refractivity contribution < 1.29 is 4.74 Å². The number of benzene rings is 1. The Morgan fingerprint density at radius 1 is 1.33 bits per heavy atom. The lowest BCUT2D eigenvalue weighted by Gasteiger charge is -2.11. The molecule has 0 bridgehead atoms. The smallest absolute Gasteiger partial charge is 0.191 e. The summed E-state index contributed by atoms with van der Waals surface area (Å²) in [4.78, 5) is 4.12. The lowest BCUT2D eigenvalue weighted by Crippen LogP contribution is -2.39. The average Bonchev–Trinajstić information content (AvgIpc) is 2.38. The Bertz CT molecular complexity index is 382. The van der Waals surface area contributed by atoms with Crippen LogP contribution in [0.5, 0.6) is 5.75 Å². The first-order valence-corrected chi connectivity index (χ1v) is 6.88. The molecule has 1 rings (SSSR count). The lowest BCUT2D eigenvalue weighted by atomic mass is 10.3. The average molecular weight is 314 g/mol. The lowest BCUT2D eigenvalue weighted by molar-refractivity contribution is 0.321. The molecule has 5 heteroatoms. The van der Waals surface area contributed by atoms with Crippen LogP contribution in [0, 0.1) is 0 Å². The second kappa shape index (κ2) is 8.80. The number of nitrogens with zero attached hydrogens (tertiary/aromatic N) is 1. The maximum absolute atomic E-state index is 5.61. The molecule has 0 aliphatic heterocycles. The fraction of sp³-hybridized carbons (Fsp3) is 0.462. The van der Waals surface area contributed by atoms with E-state index in [-0.39, 0.29) is 0 Å². The molecule has 0 aliphatic carbocycles. The number of hydrogen-bond acceptors (Lipinski definition) is 2. The minimum absolute atomic E-state index is 0.600. The fourth-order valence-electron chi connectivity index (χ4n) is 1.36. The van der Waals surface area contributed by atoms with Gasteiger partial charge < -0.3 is 15.4 Å². The predicted molar refractivity (Wildman–Crippen MR) is 79.3 cm³/mol. The monoisotopic (exact) mass is 313 g/mol. The summed E-state index contributed by atoms with van der Waals surface area (Å²) in [6.45, 7) is 4.36. The summed E-state index contributed by atoms with van der Waals surface area (Å²) in [6, 6.07) is 7.81. The van der Waals surface area contributed by atoms with Gasteiger partial charge in [0, 0.05) is 18.1 Å². The van der Waals surface area contributed by atoms with Crippen molar-refractivity contribution >= 4 is 21.9 Å². The maximum Gasteiger partial charge on any atom is 0.191 e. The molecule has 0 radical (unpaired) electrons. The zero-order valence-electron chi connectivity index (χ0n) is 10.9. The number of ether oxygens (including phenoxy) is 1. The third-order valence-electron chi connectivity index (χ3n) is 2.23. The largest absolute Gasteiger partial charge is 0.492 e. The second-order valence-electron chi connectivity index (χ2n) is 3.73. The van der Waals surface area contributed by atoms with Gasteiger partial charge in [0.1, 0.15) is 12.4 Å². The molecular formula is C13H20BrN3O. The van der Waals surface area contributed by atoms with Gasteiger partial charge >= 0.3 is 0 Å². The summed E-state index contributed by atoms with van der Waals surface area (Å²) in [6.07, 6.45) is 1.08. The second-order valence-corrected chi connectivity index (χ2v) is 4.65. The van der Waals surface area contributed by atoms with E-state index < -0.39 is 0 Å². The Morgan fingerprint density at radius 2 is 2.11 bits per heavy atom. The van der Waals surface area contributed by atoms with Crippen molar-refractivity contribution in [2.75, 3.05) is 26.7 Å². The van der Waals surface area contributed by atoms with Gasteiger partial charge in [0.15, 0.2) is 5.96 Å². The van der Waals surface area contributed by atoms with E-state index in [1.807, 2.05) is 24.3 Å².